The Morgan fingerprint density at radius 3 is 2.65 bits per heavy atom. The molecule has 104 valence electrons. The molecule has 1 atom stereocenters. The molecule has 1 aliphatic heterocycles. The Morgan fingerprint density at radius 2 is 1.90 bits per heavy atom. The second kappa shape index (κ2) is 5.96. The number of hydrogen-bond donors (Lipinski definition) is 1. The molecule has 2 N–H and O–H groups in total. The topological polar surface area (TPSA) is 29.3 Å². The van der Waals surface area contributed by atoms with E-state index in [9.17, 15) is 0 Å². The molecular weight excluding hydrogens is 268 g/mol. The fourth-order valence-corrected chi connectivity index (χ4v) is 3.19. The van der Waals surface area contributed by atoms with Crippen LogP contribution in [0.3, 0.4) is 0 Å². The molecule has 0 saturated carbocycles. The molecule has 2 nitrogen and oxygen atoms in total. The Balaban J connectivity index is 1.85. The Kier molecular flexibility index (Phi) is 4.06. The first-order chi connectivity index (χ1) is 9.78. The molecule has 3 heteroatoms. The maximum absolute atomic E-state index is 6.11. The predicted octanol–water partition coefficient (Wildman–Crippen LogP) is 3.40. The lowest BCUT2D eigenvalue weighted by molar-refractivity contribution is 0.183. The van der Waals surface area contributed by atoms with Gasteiger partial charge in [0, 0.05) is 30.7 Å². The van der Waals surface area contributed by atoms with Crippen LogP contribution < -0.4 is 5.73 Å². The summed E-state index contributed by atoms with van der Waals surface area (Å²) >= 11 is 6.11. The summed E-state index contributed by atoms with van der Waals surface area (Å²) in [6.07, 6.45) is 1.09. The van der Waals surface area contributed by atoms with E-state index in [4.69, 9.17) is 17.3 Å². The van der Waals surface area contributed by atoms with Crippen molar-refractivity contribution in [3.8, 4) is 0 Å². The third kappa shape index (κ3) is 2.73. The molecule has 0 saturated heterocycles. The minimum absolute atomic E-state index is 0.238. The van der Waals surface area contributed by atoms with E-state index in [2.05, 4.69) is 35.2 Å². The zero-order chi connectivity index (χ0) is 13.9. The first-order valence-electron chi connectivity index (χ1n) is 7.04. The fourth-order valence-electron chi connectivity index (χ4n) is 2.99. The van der Waals surface area contributed by atoms with E-state index in [1.54, 1.807) is 0 Å². The average Bonchev–Trinajstić information content (AvgIpc) is 2.48. The lowest BCUT2D eigenvalue weighted by atomic mass is 9.96. The monoisotopic (exact) mass is 286 g/mol. The van der Waals surface area contributed by atoms with Crippen LogP contribution in [-0.2, 0) is 13.0 Å². The summed E-state index contributed by atoms with van der Waals surface area (Å²) in [5.74, 6) is 0. The van der Waals surface area contributed by atoms with Crippen LogP contribution in [-0.4, -0.2) is 18.0 Å². The van der Waals surface area contributed by atoms with Gasteiger partial charge in [-0.2, -0.15) is 0 Å². The van der Waals surface area contributed by atoms with Gasteiger partial charge < -0.3 is 5.73 Å². The first-order valence-corrected chi connectivity index (χ1v) is 7.42. The van der Waals surface area contributed by atoms with Crippen LogP contribution in [0.2, 0.25) is 5.02 Å². The first kappa shape index (κ1) is 13.6. The van der Waals surface area contributed by atoms with Crippen LogP contribution >= 0.6 is 11.6 Å². The van der Waals surface area contributed by atoms with Crippen molar-refractivity contribution in [1.82, 2.24) is 4.90 Å². The Morgan fingerprint density at radius 1 is 1.10 bits per heavy atom. The van der Waals surface area contributed by atoms with Crippen LogP contribution in [0.5, 0.6) is 0 Å². The van der Waals surface area contributed by atoms with Gasteiger partial charge in [-0.05, 0) is 35.2 Å². The van der Waals surface area contributed by atoms with Gasteiger partial charge in [0.05, 0.1) is 0 Å². The van der Waals surface area contributed by atoms with Crippen LogP contribution in [0.25, 0.3) is 0 Å². The number of benzene rings is 2. The van der Waals surface area contributed by atoms with Crippen molar-refractivity contribution in [2.45, 2.75) is 19.0 Å². The van der Waals surface area contributed by atoms with Gasteiger partial charge in [0.1, 0.15) is 0 Å². The minimum atomic E-state index is 0.238. The van der Waals surface area contributed by atoms with Crippen molar-refractivity contribution in [2.24, 2.45) is 5.73 Å². The third-order valence-corrected chi connectivity index (χ3v) is 4.29. The van der Waals surface area contributed by atoms with E-state index in [0.717, 1.165) is 24.5 Å². The van der Waals surface area contributed by atoms with E-state index in [-0.39, 0.29) is 6.04 Å². The van der Waals surface area contributed by atoms with E-state index in [0.29, 0.717) is 6.54 Å². The number of nitrogens with two attached hydrogens (primary N) is 1. The number of rotatable bonds is 3. The highest BCUT2D eigenvalue weighted by molar-refractivity contribution is 6.30. The second-order valence-electron chi connectivity index (χ2n) is 5.30. The zero-order valence-electron chi connectivity index (χ0n) is 11.4. The van der Waals surface area contributed by atoms with E-state index < -0.39 is 0 Å². The van der Waals surface area contributed by atoms with Gasteiger partial charge in [-0.15, -0.1) is 0 Å². The van der Waals surface area contributed by atoms with Gasteiger partial charge in [0.2, 0.25) is 0 Å². The van der Waals surface area contributed by atoms with E-state index in [1.807, 2.05) is 18.2 Å². The smallest absolute Gasteiger partial charge is 0.0474 e. The summed E-state index contributed by atoms with van der Waals surface area (Å²) in [4.78, 5) is 2.45. The van der Waals surface area contributed by atoms with Crippen LogP contribution in [0.4, 0.5) is 0 Å². The molecule has 0 aliphatic carbocycles. The lowest BCUT2D eigenvalue weighted by Crippen LogP contribution is -2.37. The molecule has 0 bridgehead atoms. The summed E-state index contributed by atoms with van der Waals surface area (Å²) in [5.41, 5.74) is 10.1. The number of nitrogens with zero attached hydrogens (tertiary/aromatic N) is 1. The molecule has 1 aliphatic rings. The summed E-state index contributed by atoms with van der Waals surface area (Å²) in [6.45, 7) is 2.62. The minimum Gasteiger partial charge on any atom is -0.329 e. The lowest BCUT2D eigenvalue weighted by Gasteiger charge is -2.35. The molecule has 0 aromatic heterocycles. The highest BCUT2D eigenvalue weighted by Crippen LogP contribution is 2.28. The van der Waals surface area contributed by atoms with Crippen LogP contribution in [0, 0.1) is 0 Å². The largest absolute Gasteiger partial charge is 0.329 e. The van der Waals surface area contributed by atoms with Gasteiger partial charge in [-0.3, -0.25) is 4.90 Å². The average molecular weight is 287 g/mol. The highest BCUT2D eigenvalue weighted by Gasteiger charge is 2.23. The van der Waals surface area contributed by atoms with E-state index >= 15 is 0 Å². The summed E-state index contributed by atoms with van der Waals surface area (Å²) < 4.78 is 0. The summed E-state index contributed by atoms with van der Waals surface area (Å²) in [5, 5.41) is 0.776. The molecular formula is C17H19ClN2. The Hall–Kier alpha value is -1.35. The highest BCUT2D eigenvalue weighted by atomic mass is 35.5. The Labute approximate surface area is 125 Å². The van der Waals surface area contributed by atoms with E-state index in [1.165, 1.54) is 16.7 Å². The SMILES string of the molecule is NCC(c1cccc(Cl)c1)N1CCc2ccccc2C1. The molecule has 2 aromatic rings. The van der Waals surface area contributed by atoms with Gasteiger partial charge >= 0.3 is 0 Å². The summed E-state index contributed by atoms with van der Waals surface area (Å²) in [7, 11) is 0. The van der Waals surface area contributed by atoms with Crippen molar-refractivity contribution < 1.29 is 0 Å². The quantitative estimate of drug-likeness (QED) is 0.937. The molecule has 0 fully saturated rings. The van der Waals surface area contributed by atoms with Crippen molar-refractivity contribution in [1.29, 1.82) is 0 Å². The molecule has 0 amide bonds. The van der Waals surface area contributed by atoms with Gasteiger partial charge in [0.25, 0.3) is 0 Å². The van der Waals surface area contributed by atoms with Crippen LogP contribution in [0.1, 0.15) is 22.7 Å². The molecule has 1 unspecified atom stereocenters. The number of halogens is 1. The molecule has 0 radical (unpaired) electrons. The van der Waals surface area contributed by atoms with Gasteiger partial charge in [-0.1, -0.05) is 48.0 Å². The third-order valence-electron chi connectivity index (χ3n) is 4.06. The molecule has 20 heavy (non-hydrogen) atoms. The van der Waals surface area contributed by atoms with Gasteiger partial charge in [-0.25, -0.2) is 0 Å². The molecule has 0 spiro atoms. The van der Waals surface area contributed by atoms with Gasteiger partial charge in [0.15, 0.2) is 0 Å². The summed E-state index contributed by atoms with van der Waals surface area (Å²) in [6, 6.07) is 17.0. The fraction of sp³-hybridized carbons (Fsp3) is 0.294. The predicted molar refractivity (Wildman–Crippen MR) is 83.8 cm³/mol. The normalized spacial score (nSPS) is 16.7. The van der Waals surface area contributed by atoms with Crippen molar-refractivity contribution in [2.75, 3.05) is 13.1 Å². The molecule has 1 heterocycles. The van der Waals surface area contributed by atoms with Crippen molar-refractivity contribution in [3.05, 3.63) is 70.2 Å². The van der Waals surface area contributed by atoms with Crippen molar-refractivity contribution >= 4 is 11.6 Å². The molecule has 3 rings (SSSR count). The van der Waals surface area contributed by atoms with Crippen molar-refractivity contribution in [3.63, 3.8) is 0 Å². The maximum atomic E-state index is 6.11. The van der Waals surface area contributed by atoms with Crippen LogP contribution in [0.15, 0.2) is 48.5 Å². The molecule has 2 aromatic carbocycles. The zero-order valence-corrected chi connectivity index (χ0v) is 12.2. The standard InChI is InChI=1S/C17H19ClN2/c18-16-7-3-6-14(10-16)17(11-19)20-9-8-13-4-1-2-5-15(13)12-20/h1-7,10,17H,8-9,11-12,19H2. The second-order valence-corrected chi connectivity index (χ2v) is 5.73. The number of fused-ring (bicyclic) bond motifs is 1. The Bertz CT molecular complexity index is 597. The maximum Gasteiger partial charge on any atom is 0.0474 e. The number of hydrogen-bond acceptors (Lipinski definition) is 2.